The van der Waals surface area contributed by atoms with Gasteiger partial charge in [0.05, 0.1) is 18.5 Å². The Morgan fingerprint density at radius 3 is 2.27 bits per heavy atom. The second kappa shape index (κ2) is 9.27. The van der Waals surface area contributed by atoms with Crippen molar-refractivity contribution in [3.8, 4) is 5.75 Å². The van der Waals surface area contributed by atoms with Crippen LogP contribution in [0.2, 0.25) is 5.02 Å². The van der Waals surface area contributed by atoms with Crippen LogP contribution >= 0.6 is 23.4 Å². The van der Waals surface area contributed by atoms with E-state index in [1.54, 1.807) is 18.9 Å². The van der Waals surface area contributed by atoms with E-state index in [1.807, 2.05) is 90.3 Å². The van der Waals surface area contributed by atoms with E-state index in [1.165, 1.54) is 0 Å². The summed E-state index contributed by atoms with van der Waals surface area (Å²) in [5, 5.41) is 2.75. The van der Waals surface area contributed by atoms with Crippen LogP contribution in [0.15, 0.2) is 100 Å². The van der Waals surface area contributed by atoms with Crippen LogP contribution in [0.25, 0.3) is 0 Å². The van der Waals surface area contributed by atoms with Gasteiger partial charge < -0.3 is 4.74 Å². The Hall–Kier alpha value is -2.49. The van der Waals surface area contributed by atoms with Gasteiger partial charge in [-0.1, -0.05) is 53.7 Å². The number of aliphatic imine (C=N–C) groups is 1. The number of hydrogen-bond donors (Lipinski definition) is 0. The van der Waals surface area contributed by atoms with Crippen LogP contribution < -0.4 is 4.74 Å². The maximum atomic E-state index is 6.01. The first kappa shape index (κ1) is 18.3. The summed E-state index contributed by atoms with van der Waals surface area (Å²) in [6, 6.07) is 25.6. The average molecular weight is 380 g/mol. The molecule has 4 heteroatoms. The average Bonchev–Trinajstić information content (AvgIpc) is 2.69. The second-order valence-electron chi connectivity index (χ2n) is 5.44. The summed E-state index contributed by atoms with van der Waals surface area (Å²) in [5.74, 6) is 0.853. The number of rotatable bonds is 6. The number of halogens is 1. The summed E-state index contributed by atoms with van der Waals surface area (Å²) in [6.07, 6.45) is 2.02. The van der Waals surface area contributed by atoms with Crippen molar-refractivity contribution in [2.45, 2.75) is 4.90 Å². The van der Waals surface area contributed by atoms with E-state index >= 15 is 0 Å². The highest BCUT2D eigenvalue weighted by atomic mass is 35.5. The zero-order valence-corrected chi connectivity index (χ0v) is 15.9. The van der Waals surface area contributed by atoms with Gasteiger partial charge in [-0.2, -0.15) is 0 Å². The van der Waals surface area contributed by atoms with E-state index in [-0.39, 0.29) is 0 Å². The molecule has 0 heterocycles. The Morgan fingerprint density at radius 2 is 1.62 bits per heavy atom. The number of benzene rings is 3. The minimum atomic E-state index is 0.712. The highest BCUT2D eigenvalue weighted by molar-refractivity contribution is 8.02. The summed E-state index contributed by atoms with van der Waals surface area (Å²) >= 11 is 7.65. The molecule has 3 rings (SSSR count). The predicted octanol–water partition coefficient (Wildman–Crippen LogP) is 6.78. The largest absolute Gasteiger partial charge is 0.497 e. The van der Waals surface area contributed by atoms with Gasteiger partial charge in [0.1, 0.15) is 5.75 Å². The fraction of sp³-hybridized carbons (Fsp3) is 0.0455. The number of thioether (sulfide) groups is 1. The summed E-state index contributed by atoms with van der Waals surface area (Å²) in [5.41, 5.74) is 2.82. The van der Waals surface area contributed by atoms with Crippen LogP contribution in [0.1, 0.15) is 5.56 Å². The monoisotopic (exact) mass is 379 g/mol. The van der Waals surface area contributed by atoms with Gasteiger partial charge in [0.25, 0.3) is 0 Å². The van der Waals surface area contributed by atoms with Crippen molar-refractivity contribution in [2.24, 2.45) is 4.99 Å². The maximum Gasteiger partial charge on any atom is 0.118 e. The minimum Gasteiger partial charge on any atom is -0.497 e. The fourth-order valence-electron chi connectivity index (χ4n) is 2.29. The summed E-state index contributed by atoms with van der Waals surface area (Å²) in [4.78, 5) is 5.91. The van der Waals surface area contributed by atoms with Gasteiger partial charge in [-0.3, -0.25) is 0 Å². The molecule has 0 amide bonds. The Bertz CT molecular complexity index is 888. The molecule has 0 saturated carbocycles. The third-order valence-corrected chi connectivity index (χ3v) is 4.70. The summed E-state index contributed by atoms with van der Waals surface area (Å²) in [6.45, 7) is 0. The smallest absolute Gasteiger partial charge is 0.118 e. The van der Waals surface area contributed by atoms with Gasteiger partial charge in [0.15, 0.2) is 0 Å². The van der Waals surface area contributed by atoms with Gasteiger partial charge in [-0.25, -0.2) is 4.99 Å². The van der Waals surface area contributed by atoms with Gasteiger partial charge in [-0.05, 0) is 60.0 Å². The number of hydrogen-bond acceptors (Lipinski definition) is 3. The maximum absolute atomic E-state index is 6.01. The van der Waals surface area contributed by atoms with Crippen molar-refractivity contribution in [1.29, 1.82) is 0 Å². The van der Waals surface area contributed by atoms with Gasteiger partial charge in [0, 0.05) is 15.5 Å². The molecule has 130 valence electrons. The quantitative estimate of drug-likeness (QED) is 0.348. The zero-order valence-electron chi connectivity index (χ0n) is 14.3. The van der Waals surface area contributed by atoms with Crippen molar-refractivity contribution >= 4 is 34.8 Å². The molecule has 0 bridgehead atoms. The number of methoxy groups -OCH3 is 1. The molecule has 0 aliphatic carbocycles. The van der Waals surface area contributed by atoms with E-state index in [4.69, 9.17) is 21.3 Å². The molecule has 3 aromatic carbocycles. The second-order valence-corrected chi connectivity index (χ2v) is 6.85. The van der Waals surface area contributed by atoms with Crippen molar-refractivity contribution in [3.05, 3.63) is 101 Å². The van der Waals surface area contributed by atoms with Crippen molar-refractivity contribution < 1.29 is 4.74 Å². The minimum absolute atomic E-state index is 0.712. The first-order valence-corrected chi connectivity index (χ1v) is 9.37. The number of ether oxygens (including phenoxy) is 1. The first-order chi connectivity index (χ1) is 12.7. The van der Waals surface area contributed by atoms with Crippen LogP contribution in [0.3, 0.4) is 0 Å². The highest BCUT2D eigenvalue weighted by Gasteiger charge is 2.01. The van der Waals surface area contributed by atoms with Crippen LogP contribution in [-0.4, -0.2) is 12.8 Å². The Morgan fingerprint density at radius 1 is 0.923 bits per heavy atom. The van der Waals surface area contributed by atoms with Crippen LogP contribution in [0.4, 0.5) is 5.69 Å². The Balaban J connectivity index is 1.83. The van der Waals surface area contributed by atoms with E-state index in [0.29, 0.717) is 5.02 Å². The molecule has 0 unspecified atom stereocenters. The predicted molar refractivity (Wildman–Crippen MR) is 112 cm³/mol. The van der Waals surface area contributed by atoms with Gasteiger partial charge in [-0.15, -0.1) is 0 Å². The van der Waals surface area contributed by atoms with Crippen LogP contribution in [-0.2, 0) is 0 Å². The number of allylic oxidation sites excluding steroid dienone is 1. The molecule has 3 aromatic rings. The van der Waals surface area contributed by atoms with E-state index < -0.39 is 0 Å². The molecule has 0 N–H and O–H groups in total. The van der Waals surface area contributed by atoms with Crippen molar-refractivity contribution in [1.82, 2.24) is 0 Å². The molecule has 26 heavy (non-hydrogen) atoms. The molecular formula is C22H18ClNOS. The molecule has 0 saturated heterocycles. The molecule has 0 radical (unpaired) electrons. The van der Waals surface area contributed by atoms with Crippen LogP contribution in [0, 0.1) is 0 Å². The molecule has 0 atom stereocenters. The van der Waals surface area contributed by atoms with Crippen molar-refractivity contribution in [2.75, 3.05) is 7.11 Å². The lowest BCUT2D eigenvalue weighted by molar-refractivity contribution is 0.414. The molecule has 0 spiro atoms. The lowest BCUT2D eigenvalue weighted by Gasteiger charge is -2.04. The summed E-state index contributed by atoms with van der Waals surface area (Å²) < 4.78 is 5.19. The lowest BCUT2D eigenvalue weighted by atomic mass is 10.1. The van der Waals surface area contributed by atoms with E-state index in [2.05, 4.69) is 0 Å². The molecular weight excluding hydrogens is 362 g/mol. The molecule has 0 aromatic heterocycles. The van der Waals surface area contributed by atoms with E-state index in [9.17, 15) is 0 Å². The molecule has 0 fully saturated rings. The highest BCUT2D eigenvalue weighted by Crippen LogP contribution is 2.23. The number of nitrogens with zero attached hydrogens (tertiary/aromatic N) is 1. The SMILES string of the molecule is COc1ccc(SC=CC(=Nc2ccccc2)c2ccc(Cl)cc2)cc1. The van der Waals surface area contributed by atoms with Crippen LogP contribution in [0.5, 0.6) is 5.75 Å². The fourth-order valence-corrected chi connectivity index (χ4v) is 3.06. The lowest BCUT2D eigenvalue weighted by Crippen LogP contribution is -1.95. The molecule has 2 nitrogen and oxygen atoms in total. The van der Waals surface area contributed by atoms with E-state index in [0.717, 1.165) is 27.6 Å². The normalized spacial score (nSPS) is 11.7. The molecule has 0 aliphatic heterocycles. The third-order valence-electron chi connectivity index (χ3n) is 3.64. The summed E-state index contributed by atoms with van der Waals surface area (Å²) in [7, 11) is 1.67. The first-order valence-electron chi connectivity index (χ1n) is 8.11. The van der Waals surface area contributed by atoms with Gasteiger partial charge in [0.2, 0.25) is 0 Å². The Kier molecular flexibility index (Phi) is 6.53. The molecule has 0 aliphatic rings. The topological polar surface area (TPSA) is 21.6 Å². The van der Waals surface area contributed by atoms with Gasteiger partial charge >= 0.3 is 0 Å². The zero-order chi connectivity index (χ0) is 18.2. The van der Waals surface area contributed by atoms with Crippen molar-refractivity contribution in [3.63, 3.8) is 0 Å². The number of para-hydroxylation sites is 1. The Labute approximate surface area is 163 Å². The third kappa shape index (κ3) is 5.25. The standard InChI is InChI=1S/C22H18ClNOS/c1-25-20-11-13-21(14-12-20)26-16-15-22(17-7-9-18(23)10-8-17)24-19-5-3-2-4-6-19/h2-16H,1H3.